The molecule has 5 heteroatoms. The minimum Gasteiger partial charge on any atom is -0.311 e. The van der Waals surface area contributed by atoms with Crippen molar-refractivity contribution < 1.29 is 12.6 Å². The molecule has 4 rings (SSSR count). The van der Waals surface area contributed by atoms with E-state index in [2.05, 4.69) is 67.3 Å². The van der Waals surface area contributed by atoms with Crippen molar-refractivity contribution in [1.29, 1.82) is 0 Å². The second-order valence-electron chi connectivity index (χ2n) is 7.70. The van der Waals surface area contributed by atoms with Crippen molar-refractivity contribution in [2.75, 3.05) is 4.90 Å². The molecule has 4 nitrogen and oxygen atoms in total. The molecule has 32 heavy (non-hydrogen) atoms. The van der Waals surface area contributed by atoms with Gasteiger partial charge in [0.05, 0.1) is 11.5 Å². The van der Waals surface area contributed by atoms with Gasteiger partial charge in [-0.25, -0.2) is 0 Å². The molecule has 0 unspecified atom stereocenters. The third-order valence-corrected chi connectivity index (χ3v) is 6.47. The van der Waals surface area contributed by atoms with Crippen LogP contribution < -0.4 is 4.90 Å². The van der Waals surface area contributed by atoms with Gasteiger partial charge in [0.25, 0.3) is 10.1 Å². The second-order valence-corrected chi connectivity index (χ2v) is 9.32. The number of benzene rings is 4. The van der Waals surface area contributed by atoms with E-state index in [1.807, 2.05) is 24.3 Å². The highest BCUT2D eigenvalue weighted by atomic mass is 32.2. The molecule has 162 valence electrons. The van der Waals surface area contributed by atoms with Gasteiger partial charge < -0.3 is 4.90 Å². The van der Waals surface area contributed by atoms with Gasteiger partial charge in [0.1, 0.15) is 0 Å². The molecule has 0 aliphatic rings. The van der Waals surface area contributed by atoms with Gasteiger partial charge in [-0.15, -0.1) is 0 Å². The first kappa shape index (κ1) is 21.8. The molecule has 0 amide bonds. The molecule has 4 aromatic rings. The number of hydrogen-bond acceptors (Lipinski definition) is 4. The van der Waals surface area contributed by atoms with Crippen LogP contribution in [0, 0.1) is 13.8 Å². The van der Waals surface area contributed by atoms with Crippen molar-refractivity contribution in [2.24, 2.45) is 0 Å². The normalized spacial score (nSPS) is 11.3. The first-order valence-electron chi connectivity index (χ1n) is 10.4. The van der Waals surface area contributed by atoms with Gasteiger partial charge in [0.2, 0.25) is 0 Å². The minimum absolute atomic E-state index is 0.0213. The highest BCUT2D eigenvalue weighted by molar-refractivity contribution is 7.86. The molecule has 0 bridgehead atoms. The highest BCUT2D eigenvalue weighted by Crippen LogP contribution is 2.34. The maximum absolute atomic E-state index is 12.4. The maximum Gasteiger partial charge on any atom is 0.297 e. The number of nitrogens with zero attached hydrogens (tertiary/aromatic N) is 1. The number of anilines is 3. The van der Waals surface area contributed by atoms with Crippen molar-refractivity contribution in [2.45, 2.75) is 25.3 Å². The van der Waals surface area contributed by atoms with E-state index in [4.69, 9.17) is 4.18 Å². The van der Waals surface area contributed by atoms with E-state index in [0.717, 1.165) is 22.6 Å². The molecular formula is C27H25NO3S. The third kappa shape index (κ3) is 5.07. The Labute approximate surface area is 189 Å². The standard InChI is InChI=1S/C27H25NO3S/c1-21-8-14-24(15-9-21)28(25-16-10-22(2)11-17-25)26-18-12-23(13-19-26)20-31-32(29,30)27-6-4-3-5-7-27/h3-19H,20H2,1-2H3. The summed E-state index contributed by atoms with van der Waals surface area (Å²) in [6, 6.07) is 32.7. The smallest absolute Gasteiger partial charge is 0.297 e. The summed E-state index contributed by atoms with van der Waals surface area (Å²) in [5.41, 5.74) is 6.26. The van der Waals surface area contributed by atoms with Crippen molar-refractivity contribution in [3.8, 4) is 0 Å². The average Bonchev–Trinajstić information content (AvgIpc) is 2.82. The average molecular weight is 444 g/mol. The lowest BCUT2D eigenvalue weighted by molar-refractivity contribution is 0.308. The molecule has 0 saturated heterocycles. The minimum atomic E-state index is -3.79. The van der Waals surface area contributed by atoms with E-state index in [0.29, 0.717) is 0 Å². The van der Waals surface area contributed by atoms with Crippen molar-refractivity contribution in [3.05, 3.63) is 120 Å². The van der Waals surface area contributed by atoms with E-state index < -0.39 is 10.1 Å². The Kier molecular flexibility index (Phi) is 6.40. The van der Waals surface area contributed by atoms with Crippen LogP contribution in [0.5, 0.6) is 0 Å². The zero-order valence-electron chi connectivity index (χ0n) is 18.1. The lowest BCUT2D eigenvalue weighted by Crippen LogP contribution is -2.10. The molecule has 0 aliphatic heterocycles. The zero-order chi connectivity index (χ0) is 22.6. The third-order valence-electron chi connectivity index (χ3n) is 5.19. The van der Waals surface area contributed by atoms with Gasteiger partial charge in [0, 0.05) is 17.1 Å². The topological polar surface area (TPSA) is 46.6 Å². The fraction of sp³-hybridized carbons (Fsp3) is 0.111. The van der Waals surface area contributed by atoms with Crippen molar-refractivity contribution in [1.82, 2.24) is 0 Å². The molecule has 4 aromatic carbocycles. The zero-order valence-corrected chi connectivity index (χ0v) is 18.9. The molecule has 0 fully saturated rings. The quantitative estimate of drug-likeness (QED) is 0.299. The summed E-state index contributed by atoms with van der Waals surface area (Å²) in [4.78, 5) is 2.33. The monoisotopic (exact) mass is 443 g/mol. The van der Waals surface area contributed by atoms with E-state index in [1.54, 1.807) is 18.2 Å². The Morgan fingerprint density at radius 2 is 1.06 bits per heavy atom. The van der Waals surface area contributed by atoms with Crippen LogP contribution in [-0.2, 0) is 20.9 Å². The summed E-state index contributed by atoms with van der Waals surface area (Å²) in [5, 5.41) is 0. The van der Waals surface area contributed by atoms with Crippen molar-refractivity contribution >= 4 is 27.2 Å². The predicted molar refractivity (Wildman–Crippen MR) is 129 cm³/mol. The van der Waals surface area contributed by atoms with Gasteiger partial charge in [0.15, 0.2) is 0 Å². The van der Waals surface area contributed by atoms with Crippen LogP contribution in [0.1, 0.15) is 16.7 Å². The molecule has 0 radical (unpaired) electrons. The Bertz CT molecular complexity index is 1220. The molecule has 0 aliphatic carbocycles. The van der Waals surface area contributed by atoms with Crippen LogP contribution in [0.25, 0.3) is 0 Å². The van der Waals surface area contributed by atoms with E-state index in [9.17, 15) is 8.42 Å². The lowest BCUT2D eigenvalue weighted by Gasteiger charge is -2.26. The largest absolute Gasteiger partial charge is 0.311 e. The molecule has 0 atom stereocenters. The summed E-state index contributed by atoms with van der Waals surface area (Å²) >= 11 is 0. The maximum atomic E-state index is 12.4. The predicted octanol–water partition coefficient (Wildman–Crippen LogP) is 6.68. The summed E-state index contributed by atoms with van der Waals surface area (Å²) in [5.74, 6) is 0. The Morgan fingerprint density at radius 1 is 0.625 bits per heavy atom. The summed E-state index contributed by atoms with van der Waals surface area (Å²) in [7, 11) is -3.79. The molecule has 0 spiro atoms. The van der Waals surface area contributed by atoms with E-state index >= 15 is 0 Å². The van der Waals surface area contributed by atoms with Crippen LogP contribution in [0.4, 0.5) is 17.1 Å². The molecule has 0 aromatic heterocycles. The van der Waals surface area contributed by atoms with Crippen LogP contribution >= 0.6 is 0 Å². The van der Waals surface area contributed by atoms with Crippen molar-refractivity contribution in [3.63, 3.8) is 0 Å². The number of rotatable bonds is 7. The van der Waals surface area contributed by atoms with Gasteiger partial charge in [-0.2, -0.15) is 8.42 Å². The Balaban J connectivity index is 1.58. The number of aryl methyl sites for hydroxylation is 2. The molecule has 0 heterocycles. The van der Waals surface area contributed by atoms with Gasteiger partial charge in [-0.3, -0.25) is 4.18 Å². The fourth-order valence-electron chi connectivity index (χ4n) is 3.38. The molecular weight excluding hydrogens is 418 g/mol. The van der Waals surface area contributed by atoms with Crippen LogP contribution in [0.3, 0.4) is 0 Å². The lowest BCUT2D eigenvalue weighted by atomic mass is 10.1. The van der Waals surface area contributed by atoms with Crippen LogP contribution in [0.15, 0.2) is 108 Å². The SMILES string of the molecule is Cc1ccc(N(c2ccc(C)cc2)c2ccc(COS(=O)(=O)c3ccccc3)cc2)cc1. The van der Waals surface area contributed by atoms with Crippen LogP contribution in [-0.4, -0.2) is 8.42 Å². The van der Waals surface area contributed by atoms with Crippen LogP contribution in [0.2, 0.25) is 0 Å². The van der Waals surface area contributed by atoms with Gasteiger partial charge in [-0.1, -0.05) is 65.7 Å². The first-order valence-corrected chi connectivity index (χ1v) is 11.8. The van der Waals surface area contributed by atoms with Gasteiger partial charge in [-0.05, 0) is 67.9 Å². The summed E-state index contributed by atoms with van der Waals surface area (Å²) in [6.45, 7) is 4.11. The fourth-order valence-corrected chi connectivity index (χ4v) is 4.29. The Hall–Kier alpha value is -3.41. The van der Waals surface area contributed by atoms with E-state index in [1.165, 1.54) is 23.3 Å². The summed E-state index contributed by atoms with van der Waals surface area (Å²) < 4.78 is 30.0. The first-order chi connectivity index (χ1) is 15.4. The summed E-state index contributed by atoms with van der Waals surface area (Å²) in [6.07, 6.45) is 0. The Morgan fingerprint density at radius 3 is 1.53 bits per heavy atom. The molecule has 0 N–H and O–H groups in total. The van der Waals surface area contributed by atoms with E-state index in [-0.39, 0.29) is 11.5 Å². The highest BCUT2D eigenvalue weighted by Gasteiger charge is 2.16. The van der Waals surface area contributed by atoms with Gasteiger partial charge >= 0.3 is 0 Å². The molecule has 0 saturated carbocycles. The number of hydrogen-bond donors (Lipinski definition) is 0. The second kappa shape index (κ2) is 9.39.